The minimum absolute atomic E-state index is 0. The van der Waals surface area contributed by atoms with Gasteiger partial charge >= 0.3 is 29.6 Å². The molecule has 0 radical (unpaired) electrons. The first-order valence-electron chi connectivity index (χ1n) is 10.8. The molecule has 0 spiro atoms. The second-order valence-corrected chi connectivity index (χ2v) is 9.99. The zero-order valence-corrected chi connectivity index (χ0v) is 19.0. The first kappa shape index (κ1) is 24.4. The molecule has 4 N–H and O–H groups in total. The zero-order chi connectivity index (χ0) is 24.5. The Bertz CT molecular complexity index is 1730. The molecule has 0 saturated carbocycles. The van der Waals surface area contributed by atoms with E-state index in [1.165, 1.54) is 11.6 Å². The van der Waals surface area contributed by atoms with E-state index in [1.54, 1.807) is 18.2 Å². The molecule has 0 atom stereocenters. The molecule has 0 heterocycles. The van der Waals surface area contributed by atoms with Gasteiger partial charge in [0.15, 0.2) is 11.6 Å². The molecule has 174 valence electrons. The summed E-state index contributed by atoms with van der Waals surface area (Å²) in [6, 6.07) is 21.2. The number of hydrogen-bond acceptors (Lipinski definition) is 6. The zero-order valence-electron chi connectivity index (χ0n) is 18.2. The first-order chi connectivity index (χ1) is 16.7. The third-order valence-electron chi connectivity index (χ3n) is 6.55. The van der Waals surface area contributed by atoms with Crippen molar-refractivity contribution in [3.05, 3.63) is 106 Å². The van der Waals surface area contributed by atoms with Crippen LogP contribution in [0.3, 0.4) is 0 Å². The topological polar surface area (TPSA) is 127 Å². The van der Waals surface area contributed by atoms with Crippen molar-refractivity contribution in [2.45, 2.75) is 11.3 Å². The Hall–Kier alpha value is -3.27. The van der Waals surface area contributed by atoms with Crippen molar-refractivity contribution in [1.82, 2.24) is 0 Å². The Morgan fingerprint density at radius 2 is 1.33 bits per heavy atom. The standard InChI is InChI=1S/C27H18N2O5S.Na.H/c28-25-22(35(32,33)34)13-21(23-24(25)27(31)20-8-4-3-7-19(20)26(23)30)29-16-9-10-18-15(12-16)11-14-5-1-2-6-17(14)18;;/h1-10,12-13,29H,11,28H2,(H,32,33,34);;. The van der Waals surface area contributed by atoms with Gasteiger partial charge in [0.25, 0.3) is 10.1 Å². The van der Waals surface area contributed by atoms with Gasteiger partial charge in [0, 0.05) is 16.8 Å². The molecule has 4 aromatic carbocycles. The van der Waals surface area contributed by atoms with Crippen molar-refractivity contribution in [2.24, 2.45) is 0 Å². The molecule has 0 aromatic heterocycles. The number of benzene rings is 4. The van der Waals surface area contributed by atoms with Gasteiger partial charge in [-0.25, -0.2) is 0 Å². The molecular weight excluding hydrogens is 487 g/mol. The quantitative estimate of drug-likeness (QED) is 0.188. The molecule has 0 bridgehead atoms. The SMILES string of the molecule is Nc1c(S(=O)(=O)O)cc(Nc2ccc3c(c2)Cc2ccccc2-3)c2c1C(=O)c1ccccc1C2=O.[NaH]. The van der Waals surface area contributed by atoms with Crippen LogP contribution in [0.4, 0.5) is 17.1 Å². The fourth-order valence-corrected chi connectivity index (χ4v) is 5.63. The number of carbonyl (C=O) groups is 2. The van der Waals surface area contributed by atoms with Gasteiger partial charge in [-0.2, -0.15) is 8.42 Å². The van der Waals surface area contributed by atoms with E-state index in [2.05, 4.69) is 17.4 Å². The van der Waals surface area contributed by atoms with Gasteiger partial charge in [0.1, 0.15) is 4.90 Å². The van der Waals surface area contributed by atoms with Gasteiger partial charge in [-0.1, -0.05) is 54.6 Å². The number of fused-ring (bicyclic) bond motifs is 5. The van der Waals surface area contributed by atoms with Crippen molar-refractivity contribution in [1.29, 1.82) is 0 Å². The van der Waals surface area contributed by atoms with Crippen LogP contribution in [0.5, 0.6) is 0 Å². The molecule has 2 aliphatic carbocycles. The monoisotopic (exact) mass is 506 g/mol. The van der Waals surface area contributed by atoms with E-state index in [0.717, 1.165) is 29.2 Å². The first-order valence-corrected chi connectivity index (χ1v) is 12.3. The Morgan fingerprint density at radius 3 is 2.00 bits per heavy atom. The average Bonchev–Trinajstić information content (AvgIpc) is 3.20. The summed E-state index contributed by atoms with van der Waals surface area (Å²) >= 11 is 0. The molecule has 36 heavy (non-hydrogen) atoms. The summed E-state index contributed by atoms with van der Waals surface area (Å²) in [6.45, 7) is 0. The van der Waals surface area contributed by atoms with Crippen molar-refractivity contribution in [3.8, 4) is 11.1 Å². The van der Waals surface area contributed by atoms with Crippen LogP contribution in [-0.4, -0.2) is 54.1 Å². The van der Waals surface area contributed by atoms with Gasteiger partial charge in [-0.05, 0) is 46.9 Å². The number of nitrogens with two attached hydrogens (primary N) is 1. The van der Waals surface area contributed by atoms with Crippen LogP contribution < -0.4 is 11.1 Å². The van der Waals surface area contributed by atoms with Crippen molar-refractivity contribution < 1.29 is 22.6 Å². The maximum atomic E-state index is 13.5. The maximum absolute atomic E-state index is 13.5. The van der Waals surface area contributed by atoms with Crippen molar-refractivity contribution >= 4 is 68.3 Å². The summed E-state index contributed by atoms with van der Waals surface area (Å²) < 4.78 is 34.0. The number of anilines is 3. The summed E-state index contributed by atoms with van der Waals surface area (Å²) in [6.07, 6.45) is 0.738. The number of rotatable bonds is 3. The number of nitrogens with one attached hydrogen (secondary N) is 1. The Morgan fingerprint density at radius 1 is 0.750 bits per heavy atom. The van der Waals surface area contributed by atoms with Gasteiger partial charge in [-0.15, -0.1) is 0 Å². The normalized spacial score (nSPS) is 13.2. The fourth-order valence-electron chi connectivity index (χ4n) is 4.98. The fraction of sp³-hybridized carbons (Fsp3) is 0.0370. The van der Waals surface area contributed by atoms with Crippen LogP contribution in [-0.2, 0) is 16.5 Å². The number of hydrogen-bond donors (Lipinski definition) is 3. The predicted octanol–water partition coefficient (Wildman–Crippen LogP) is 3.96. The molecule has 7 nitrogen and oxygen atoms in total. The van der Waals surface area contributed by atoms with E-state index in [9.17, 15) is 22.6 Å². The molecule has 0 amide bonds. The van der Waals surface area contributed by atoms with Gasteiger partial charge in [-0.3, -0.25) is 14.1 Å². The molecule has 0 fully saturated rings. The third kappa shape index (κ3) is 3.70. The Kier molecular flexibility index (Phi) is 5.89. The minimum atomic E-state index is -4.77. The summed E-state index contributed by atoms with van der Waals surface area (Å²) in [4.78, 5) is 26.1. The van der Waals surface area contributed by atoms with E-state index < -0.39 is 32.3 Å². The molecule has 9 heteroatoms. The Balaban J connectivity index is 0.00000267. The predicted molar refractivity (Wildman–Crippen MR) is 139 cm³/mol. The number of nitrogen functional groups attached to an aromatic ring is 1. The van der Waals surface area contributed by atoms with Crippen LogP contribution >= 0.6 is 0 Å². The van der Waals surface area contributed by atoms with Crippen LogP contribution in [0.1, 0.15) is 43.0 Å². The summed E-state index contributed by atoms with van der Waals surface area (Å²) in [5, 5.41) is 3.11. The third-order valence-corrected chi connectivity index (χ3v) is 7.44. The van der Waals surface area contributed by atoms with Gasteiger partial charge < -0.3 is 11.1 Å². The molecule has 2 aliphatic rings. The summed E-state index contributed by atoms with van der Waals surface area (Å²) in [5.41, 5.74) is 10.9. The van der Waals surface area contributed by atoms with Crippen LogP contribution in [0.2, 0.25) is 0 Å². The van der Waals surface area contributed by atoms with E-state index in [1.807, 2.05) is 30.3 Å². The number of ketones is 2. The van der Waals surface area contributed by atoms with Crippen LogP contribution in [0.15, 0.2) is 77.7 Å². The molecular formula is C27H19N2NaO5S. The molecule has 0 unspecified atom stereocenters. The average molecular weight is 507 g/mol. The van der Waals surface area contributed by atoms with Crippen molar-refractivity contribution in [2.75, 3.05) is 11.1 Å². The number of carbonyl (C=O) groups excluding carboxylic acids is 2. The Labute approximate surface area is 229 Å². The second kappa shape index (κ2) is 8.69. The van der Waals surface area contributed by atoms with E-state index in [0.29, 0.717) is 5.69 Å². The van der Waals surface area contributed by atoms with Gasteiger partial charge in [0.2, 0.25) is 0 Å². The molecule has 6 rings (SSSR count). The second-order valence-electron chi connectivity index (χ2n) is 8.60. The summed E-state index contributed by atoms with van der Waals surface area (Å²) in [5.74, 6) is -1.04. The summed E-state index contributed by atoms with van der Waals surface area (Å²) in [7, 11) is -4.77. The molecule has 4 aromatic rings. The van der Waals surface area contributed by atoms with E-state index in [4.69, 9.17) is 5.73 Å². The molecule has 0 aliphatic heterocycles. The van der Waals surface area contributed by atoms with Crippen LogP contribution in [0, 0.1) is 0 Å². The molecule has 0 saturated heterocycles. The van der Waals surface area contributed by atoms with Crippen LogP contribution in [0.25, 0.3) is 11.1 Å². The van der Waals surface area contributed by atoms with Crippen molar-refractivity contribution in [3.63, 3.8) is 0 Å². The van der Waals surface area contributed by atoms with E-state index >= 15 is 0 Å². The van der Waals surface area contributed by atoms with Gasteiger partial charge in [0.05, 0.1) is 22.5 Å². The van der Waals surface area contributed by atoms with E-state index in [-0.39, 0.29) is 57.5 Å².